The van der Waals surface area contributed by atoms with Gasteiger partial charge in [-0.25, -0.2) is 4.79 Å². The average Bonchev–Trinajstić information content (AvgIpc) is 2.67. The third kappa shape index (κ3) is 2.15. The van der Waals surface area contributed by atoms with E-state index in [4.69, 9.17) is 5.11 Å². The van der Waals surface area contributed by atoms with E-state index < -0.39 is 11.6 Å². The third-order valence-electron chi connectivity index (χ3n) is 3.98. The molecule has 1 aliphatic carbocycles. The maximum Gasteiger partial charge on any atom is 0.405 e. The number of carboxylic acid groups (broad SMARTS) is 1. The van der Waals surface area contributed by atoms with Gasteiger partial charge in [0.25, 0.3) is 0 Å². The van der Waals surface area contributed by atoms with Crippen LogP contribution in [0.2, 0.25) is 0 Å². The van der Waals surface area contributed by atoms with E-state index in [-0.39, 0.29) is 12.0 Å². The highest BCUT2D eigenvalue weighted by Gasteiger charge is 2.46. The maximum absolute atomic E-state index is 10.9. The Kier molecular flexibility index (Phi) is 3.35. The van der Waals surface area contributed by atoms with Gasteiger partial charge in [-0.1, -0.05) is 12.8 Å². The summed E-state index contributed by atoms with van der Waals surface area (Å²) in [4.78, 5) is 10.9. The van der Waals surface area contributed by atoms with Crippen LogP contribution in [0, 0.1) is 5.92 Å². The molecule has 0 spiro atoms. The molecule has 0 aromatic rings. The average molecular weight is 228 g/mol. The van der Waals surface area contributed by atoms with Gasteiger partial charge in [0, 0.05) is 12.5 Å². The van der Waals surface area contributed by atoms with Crippen molar-refractivity contribution in [2.24, 2.45) is 5.92 Å². The zero-order valence-electron chi connectivity index (χ0n) is 9.41. The van der Waals surface area contributed by atoms with Crippen molar-refractivity contribution in [1.82, 2.24) is 10.6 Å². The summed E-state index contributed by atoms with van der Waals surface area (Å²) < 4.78 is 0. The molecule has 5 nitrogen and oxygen atoms in total. The number of rotatable bonds is 2. The van der Waals surface area contributed by atoms with Crippen molar-refractivity contribution in [3.8, 4) is 0 Å². The summed E-state index contributed by atoms with van der Waals surface area (Å²) in [6, 6.07) is 0. The van der Waals surface area contributed by atoms with Crippen LogP contribution in [0.4, 0.5) is 4.79 Å². The Morgan fingerprint density at radius 1 is 1.38 bits per heavy atom. The molecule has 2 fully saturated rings. The van der Waals surface area contributed by atoms with E-state index in [1.807, 2.05) is 0 Å². The zero-order chi connectivity index (χ0) is 11.6. The minimum atomic E-state index is -0.985. The summed E-state index contributed by atoms with van der Waals surface area (Å²) in [7, 11) is 0. The molecule has 0 radical (unpaired) electrons. The summed E-state index contributed by atoms with van der Waals surface area (Å²) in [5.41, 5.74) is -0.453. The van der Waals surface area contributed by atoms with Gasteiger partial charge in [-0.15, -0.1) is 0 Å². The van der Waals surface area contributed by atoms with E-state index >= 15 is 0 Å². The molecule has 0 aromatic carbocycles. The maximum atomic E-state index is 10.9. The lowest BCUT2D eigenvalue weighted by Gasteiger charge is -2.41. The second-order valence-electron chi connectivity index (χ2n) is 4.97. The second kappa shape index (κ2) is 4.59. The summed E-state index contributed by atoms with van der Waals surface area (Å²) in [5.74, 6) is 0.0624. The van der Waals surface area contributed by atoms with Crippen LogP contribution in [-0.4, -0.2) is 41.0 Å². The van der Waals surface area contributed by atoms with Crippen LogP contribution in [-0.2, 0) is 0 Å². The van der Waals surface area contributed by atoms with Gasteiger partial charge in [-0.3, -0.25) is 0 Å². The van der Waals surface area contributed by atoms with E-state index in [9.17, 15) is 9.90 Å². The van der Waals surface area contributed by atoms with Gasteiger partial charge in [0.1, 0.15) is 0 Å². The summed E-state index contributed by atoms with van der Waals surface area (Å²) >= 11 is 0. The Labute approximate surface area is 95.2 Å². The molecule has 16 heavy (non-hydrogen) atoms. The van der Waals surface area contributed by atoms with Crippen molar-refractivity contribution in [3.05, 3.63) is 0 Å². The fraction of sp³-hybridized carbons (Fsp3) is 0.909. The first kappa shape index (κ1) is 11.7. The SMILES string of the molecule is O=C(O)N[C@@]1(C2CCCCC2O)CCNC1. The molecular weight excluding hydrogens is 208 g/mol. The summed E-state index contributed by atoms with van der Waals surface area (Å²) in [6.07, 6.45) is 3.29. The molecule has 3 atom stereocenters. The number of carbonyl (C=O) groups is 1. The molecule has 1 amide bonds. The Balaban J connectivity index is 2.13. The molecule has 1 aliphatic heterocycles. The minimum absolute atomic E-state index is 0.0624. The van der Waals surface area contributed by atoms with Crippen LogP contribution < -0.4 is 10.6 Å². The van der Waals surface area contributed by atoms with Crippen LogP contribution >= 0.6 is 0 Å². The monoisotopic (exact) mass is 228 g/mol. The van der Waals surface area contributed by atoms with Crippen molar-refractivity contribution >= 4 is 6.09 Å². The van der Waals surface area contributed by atoms with Crippen LogP contribution in [0.5, 0.6) is 0 Å². The van der Waals surface area contributed by atoms with E-state index in [2.05, 4.69) is 10.6 Å². The lowest BCUT2D eigenvalue weighted by molar-refractivity contribution is 0.0181. The van der Waals surface area contributed by atoms with Gasteiger partial charge in [0.15, 0.2) is 0 Å². The molecular formula is C11H20N2O3. The highest BCUT2D eigenvalue weighted by atomic mass is 16.4. The Hall–Kier alpha value is -0.810. The molecule has 92 valence electrons. The van der Waals surface area contributed by atoms with E-state index in [1.54, 1.807) is 0 Å². The largest absolute Gasteiger partial charge is 0.465 e. The van der Waals surface area contributed by atoms with Gasteiger partial charge in [-0.2, -0.15) is 0 Å². The van der Waals surface area contributed by atoms with Gasteiger partial charge in [0.2, 0.25) is 0 Å². The molecule has 1 saturated carbocycles. The predicted octanol–water partition coefficient (Wildman–Crippen LogP) is 0.537. The fourth-order valence-electron chi connectivity index (χ4n) is 3.20. The fourth-order valence-corrected chi connectivity index (χ4v) is 3.20. The van der Waals surface area contributed by atoms with E-state index in [1.165, 1.54) is 0 Å². The number of nitrogens with one attached hydrogen (secondary N) is 2. The molecule has 2 aliphatic rings. The smallest absolute Gasteiger partial charge is 0.405 e. The highest BCUT2D eigenvalue weighted by molar-refractivity contribution is 5.66. The molecule has 1 saturated heterocycles. The van der Waals surface area contributed by atoms with Crippen molar-refractivity contribution in [3.63, 3.8) is 0 Å². The number of hydrogen-bond acceptors (Lipinski definition) is 3. The van der Waals surface area contributed by atoms with Crippen LogP contribution in [0.25, 0.3) is 0 Å². The van der Waals surface area contributed by atoms with Crippen LogP contribution in [0.3, 0.4) is 0 Å². The van der Waals surface area contributed by atoms with Gasteiger partial charge in [0.05, 0.1) is 11.6 Å². The third-order valence-corrected chi connectivity index (χ3v) is 3.98. The Bertz CT molecular complexity index is 264. The molecule has 2 rings (SSSR count). The first-order valence-electron chi connectivity index (χ1n) is 6.04. The first-order valence-corrected chi connectivity index (χ1v) is 6.04. The number of aliphatic hydroxyl groups excluding tert-OH is 1. The zero-order valence-corrected chi connectivity index (χ0v) is 9.41. The molecule has 5 heteroatoms. The number of hydrogen-bond donors (Lipinski definition) is 4. The van der Waals surface area contributed by atoms with Crippen molar-refractivity contribution in [1.29, 1.82) is 0 Å². The van der Waals surface area contributed by atoms with Gasteiger partial charge in [-0.05, 0) is 25.8 Å². The number of amides is 1. The van der Waals surface area contributed by atoms with Crippen molar-refractivity contribution in [2.75, 3.05) is 13.1 Å². The predicted molar refractivity (Wildman–Crippen MR) is 59.3 cm³/mol. The highest BCUT2D eigenvalue weighted by Crippen LogP contribution is 2.36. The summed E-state index contributed by atoms with van der Waals surface area (Å²) in [5, 5.41) is 24.8. The number of aliphatic hydroxyl groups is 1. The minimum Gasteiger partial charge on any atom is -0.465 e. The first-order chi connectivity index (χ1) is 7.64. The van der Waals surface area contributed by atoms with E-state index in [0.717, 1.165) is 38.6 Å². The van der Waals surface area contributed by atoms with Crippen LogP contribution in [0.15, 0.2) is 0 Å². The summed E-state index contributed by atoms with van der Waals surface area (Å²) in [6.45, 7) is 1.46. The molecule has 4 N–H and O–H groups in total. The quantitative estimate of drug-likeness (QED) is 0.556. The lowest BCUT2D eigenvalue weighted by atomic mass is 9.72. The topological polar surface area (TPSA) is 81.6 Å². The van der Waals surface area contributed by atoms with Crippen LogP contribution in [0.1, 0.15) is 32.1 Å². The second-order valence-corrected chi connectivity index (χ2v) is 4.97. The Morgan fingerprint density at radius 2 is 2.12 bits per heavy atom. The molecule has 0 aromatic heterocycles. The molecule has 2 unspecified atom stereocenters. The van der Waals surface area contributed by atoms with Crippen molar-refractivity contribution in [2.45, 2.75) is 43.7 Å². The molecule has 0 bridgehead atoms. The standard InChI is InChI=1S/C11H20N2O3/c14-9-4-2-1-3-8(9)11(13-10(15)16)5-6-12-7-11/h8-9,12-14H,1-7H2,(H,15,16)/t8?,9?,11-/m0/s1. The van der Waals surface area contributed by atoms with Crippen molar-refractivity contribution < 1.29 is 15.0 Å². The van der Waals surface area contributed by atoms with Gasteiger partial charge >= 0.3 is 6.09 Å². The lowest BCUT2D eigenvalue weighted by Crippen LogP contribution is -2.58. The van der Waals surface area contributed by atoms with E-state index in [0.29, 0.717) is 6.54 Å². The normalized spacial score (nSPS) is 39.6. The molecule has 1 heterocycles. The Morgan fingerprint density at radius 3 is 2.69 bits per heavy atom. The van der Waals surface area contributed by atoms with Gasteiger partial charge < -0.3 is 20.8 Å².